The number of Topliss-reactive ketones (excluding diaryl/α,β-unsaturated/α-hetero) is 1. The maximum absolute atomic E-state index is 12.6. The molecule has 0 heterocycles. The molecule has 0 aliphatic heterocycles. The number of ketones is 1. The molecule has 3 heteroatoms. The summed E-state index contributed by atoms with van der Waals surface area (Å²) >= 11 is 0. The van der Waals surface area contributed by atoms with Gasteiger partial charge in [-0.3, -0.25) is 4.79 Å². The normalized spacial score (nSPS) is 11.6. The minimum Gasteiger partial charge on any atom is -0.497 e. The van der Waals surface area contributed by atoms with Gasteiger partial charge in [0.25, 0.3) is 0 Å². The van der Waals surface area contributed by atoms with Crippen LogP contribution >= 0.6 is 0 Å². The Morgan fingerprint density at radius 3 is 2.12 bits per heavy atom. The minimum atomic E-state index is -0.0838. The molecule has 1 N–H and O–H groups in total. The summed E-state index contributed by atoms with van der Waals surface area (Å²) in [6.45, 7) is 0. The fourth-order valence-corrected chi connectivity index (χ4v) is 2.95. The maximum atomic E-state index is 12.6. The molecule has 0 radical (unpaired) electrons. The summed E-state index contributed by atoms with van der Waals surface area (Å²) < 4.78 is 5.24. The molecular formula is C23H23NO2. The van der Waals surface area contributed by atoms with E-state index in [4.69, 9.17) is 4.74 Å². The summed E-state index contributed by atoms with van der Waals surface area (Å²) in [5.41, 5.74) is 3.11. The van der Waals surface area contributed by atoms with Crippen LogP contribution in [0.3, 0.4) is 0 Å². The zero-order chi connectivity index (χ0) is 18.2. The van der Waals surface area contributed by atoms with Crippen molar-refractivity contribution in [2.45, 2.75) is 18.9 Å². The quantitative estimate of drug-likeness (QED) is 0.621. The SMILES string of the molecule is COc1ccc(C(CC(=O)Cc2ccccc2)Nc2ccccc2)cc1. The van der Waals surface area contributed by atoms with Gasteiger partial charge in [0.2, 0.25) is 0 Å². The van der Waals surface area contributed by atoms with Crippen molar-refractivity contribution in [3.8, 4) is 5.75 Å². The Labute approximate surface area is 154 Å². The molecule has 26 heavy (non-hydrogen) atoms. The standard InChI is InChI=1S/C23H23NO2/c1-26-22-14-12-19(13-15-22)23(24-20-10-6-3-7-11-20)17-21(25)16-18-8-4-2-5-9-18/h2-15,23-24H,16-17H2,1H3. The van der Waals surface area contributed by atoms with Crippen molar-refractivity contribution in [2.75, 3.05) is 12.4 Å². The van der Waals surface area contributed by atoms with E-state index in [2.05, 4.69) is 5.32 Å². The first-order valence-electron chi connectivity index (χ1n) is 8.76. The molecule has 3 nitrogen and oxygen atoms in total. The molecule has 0 spiro atoms. The van der Waals surface area contributed by atoms with Crippen molar-refractivity contribution in [3.63, 3.8) is 0 Å². The number of methoxy groups -OCH3 is 1. The molecule has 0 saturated heterocycles. The zero-order valence-corrected chi connectivity index (χ0v) is 14.9. The second kappa shape index (κ2) is 8.86. The summed E-state index contributed by atoms with van der Waals surface area (Å²) in [6, 6.07) is 27.6. The van der Waals surface area contributed by atoms with Crippen LogP contribution in [0.4, 0.5) is 5.69 Å². The van der Waals surface area contributed by atoms with E-state index in [-0.39, 0.29) is 11.8 Å². The number of hydrogen-bond donors (Lipinski definition) is 1. The molecule has 0 saturated carbocycles. The molecule has 3 aromatic carbocycles. The predicted octanol–water partition coefficient (Wildman–Crippen LogP) is 5.05. The molecule has 0 amide bonds. The van der Waals surface area contributed by atoms with Crippen LogP contribution in [-0.4, -0.2) is 12.9 Å². The average Bonchev–Trinajstić information content (AvgIpc) is 2.69. The first-order chi connectivity index (χ1) is 12.7. The molecule has 0 aliphatic carbocycles. The van der Waals surface area contributed by atoms with Gasteiger partial charge < -0.3 is 10.1 Å². The monoisotopic (exact) mass is 345 g/mol. The van der Waals surface area contributed by atoms with Crippen molar-refractivity contribution in [1.82, 2.24) is 0 Å². The number of ether oxygens (including phenoxy) is 1. The van der Waals surface area contributed by atoms with Crippen LogP contribution in [0.15, 0.2) is 84.9 Å². The lowest BCUT2D eigenvalue weighted by Gasteiger charge is -2.20. The van der Waals surface area contributed by atoms with E-state index < -0.39 is 0 Å². The molecule has 1 atom stereocenters. The summed E-state index contributed by atoms with van der Waals surface area (Å²) in [5.74, 6) is 1.02. The molecule has 0 aliphatic rings. The topological polar surface area (TPSA) is 38.3 Å². The van der Waals surface area contributed by atoms with Crippen molar-refractivity contribution < 1.29 is 9.53 Å². The Bertz CT molecular complexity index is 814. The number of benzene rings is 3. The van der Waals surface area contributed by atoms with E-state index >= 15 is 0 Å². The van der Waals surface area contributed by atoms with E-state index in [0.29, 0.717) is 12.8 Å². The third kappa shape index (κ3) is 4.96. The lowest BCUT2D eigenvalue weighted by atomic mass is 9.97. The fourth-order valence-electron chi connectivity index (χ4n) is 2.95. The summed E-state index contributed by atoms with van der Waals surface area (Å²) in [6.07, 6.45) is 0.875. The Hall–Kier alpha value is -3.07. The van der Waals surface area contributed by atoms with Crippen LogP contribution in [0, 0.1) is 0 Å². The van der Waals surface area contributed by atoms with Gasteiger partial charge in [-0.05, 0) is 35.4 Å². The van der Waals surface area contributed by atoms with Gasteiger partial charge in [-0.15, -0.1) is 0 Å². The number of carbonyl (C=O) groups excluding carboxylic acids is 1. The lowest BCUT2D eigenvalue weighted by Crippen LogP contribution is -2.17. The largest absolute Gasteiger partial charge is 0.497 e. The number of anilines is 1. The third-order valence-corrected chi connectivity index (χ3v) is 4.31. The predicted molar refractivity (Wildman–Crippen MR) is 106 cm³/mol. The first kappa shape index (κ1) is 17.7. The highest BCUT2D eigenvalue weighted by atomic mass is 16.5. The first-order valence-corrected chi connectivity index (χ1v) is 8.76. The van der Waals surface area contributed by atoms with Gasteiger partial charge in [0.05, 0.1) is 13.2 Å². The number of hydrogen-bond acceptors (Lipinski definition) is 3. The van der Waals surface area contributed by atoms with Crippen LogP contribution < -0.4 is 10.1 Å². The Balaban J connectivity index is 1.76. The van der Waals surface area contributed by atoms with Gasteiger partial charge >= 0.3 is 0 Å². The van der Waals surface area contributed by atoms with E-state index in [1.54, 1.807) is 7.11 Å². The Kier molecular flexibility index (Phi) is 6.05. The van der Waals surface area contributed by atoms with E-state index in [0.717, 1.165) is 22.6 Å². The van der Waals surface area contributed by atoms with Crippen molar-refractivity contribution in [1.29, 1.82) is 0 Å². The van der Waals surface area contributed by atoms with E-state index in [1.165, 1.54) is 0 Å². The van der Waals surface area contributed by atoms with Gasteiger partial charge in [-0.25, -0.2) is 0 Å². The molecule has 3 rings (SSSR count). The molecule has 3 aromatic rings. The van der Waals surface area contributed by atoms with Crippen molar-refractivity contribution >= 4 is 11.5 Å². The summed E-state index contributed by atoms with van der Waals surface area (Å²) in [7, 11) is 1.65. The van der Waals surface area contributed by atoms with Gasteiger partial charge in [-0.1, -0.05) is 60.7 Å². The molecule has 0 fully saturated rings. The lowest BCUT2D eigenvalue weighted by molar-refractivity contribution is -0.118. The summed E-state index contributed by atoms with van der Waals surface area (Å²) in [5, 5.41) is 3.49. The highest BCUT2D eigenvalue weighted by Gasteiger charge is 2.16. The maximum Gasteiger partial charge on any atom is 0.139 e. The number of carbonyl (C=O) groups is 1. The summed E-state index contributed by atoms with van der Waals surface area (Å²) in [4.78, 5) is 12.6. The van der Waals surface area contributed by atoms with Crippen molar-refractivity contribution in [3.05, 3.63) is 96.1 Å². The number of nitrogens with one attached hydrogen (secondary N) is 1. The second-order valence-electron chi connectivity index (χ2n) is 6.24. The van der Waals surface area contributed by atoms with Crippen molar-refractivity contribution in [2.24, 2.45) is 0 Å². The highest BCUT2D eigenvalue weighted by Crippen LogP contribution is 2.25. The molecule has 1 unspecified atom stereocenters. The number of rotatable bonds is 8. The van der Waals surface area contributed by atoms with Crippen LogP contribution in [0.1, 0.15) is 23.6 Å². The minimum absolute atomic E-state index is 0.0838. The second-order valence-corrected chi connectivity index (χ2v) is 6.24. The van der Waals surface area contributed by atoms with Gasteiger partial charge in [0, 0.05) is 18.5 Å². The van der Waals surface area contributed by atoms with Crippen LogP contribution in [0.5, 0.6) is 5.75 Å². The smallest absolute Gasteiger partial charge is 0.139 e. The van der Waals surface area contributed by atoms with E-state index in [9.17, 15) is 4.79 Å². The molecular weight excluding hydrogens is 322 g/mol. The average molecular weight is 345 g/mol. The van der Waals surface area contributed by atoms with Crippen LogP contribution in [0.25, 0.3) is 0 Å². The molecule has 0 aromatic heterocycles. The van der Waals surface area contributed by atoms with Gasteiger partial charge in [-0.2, -0.15) is 0 Å². The zero-order valence-electron chi connectivity index (χ0n) is 14.9. The van der Waals surface area contributed by atoms with Crippen LogP contribution in [-0.2, 0) is 11.2 Å². The third-order valence-electron chi connectivity index (χ3n) is 4.31. The van der Waals surface area contributed by atoms with Gasteiger partial charge in [0.15, 0.2) is 0 Å². The Morgan fingerprint density at radius 1 is 0.885 bits per heavy atom. The molecule has 0 bridgehead atoms. The Morgan fingerprint density at radius 2 is 1.50 bits per heavy atom. The number of para-hydroxylation sites is 1. The van der Waals surface area contributed by atoms with E-state index in [1.807, 2.05) is 84.9 Å². The van der Waals surface area contributed by atoms with Crippen LogP contribution in [0.2, 0.25) is 0 Å². The fraction of sp³-hybridized carbons (Fsp3) is 0.174. The highest BCUT2D eigenvalue weighted by molar-refractivity contribution is 5.82. The van der Waals surface area contributed by atoms with Gasteiger partial charge in [0.1, 0.15) is 11.5 Å². The molecule has 132 valence electrons.